The molecule has 0 unspecified atom stereocenters. The van der Waals surface area contributed by atoms with Gasteiger partial charge in [0.25, 0.3) is 0 Å². The Kier molecular flexibility index (Phi) is 4.29. The lowest BCUT2D eigenvalue weighted by atomic mass is 10.0. The smallest absolute Gasteiger partial charge is 0.226 e. The first-order chi connectivity index (χ1) is 11.1. The highest BCUT2D eigenvalue weighted by Gasteiger charge is 2.13. The zero-order chi connectivity index (χ0) is 16.2. The SMILES string of the molecule is O=C(C=C(O)c1cscc1Cc1cccc(F)c1)c1ncn[nH]1. The number of halogens is 1. The van der Waals surface area contributed by atoms with E-state index in [1.807, 2.05) is 11.4 Å². The van der Waals surface area contributed by atoms with Crippen molar-refractivity contribution in [3.63, 3.8) is 0 Å². The number of benzene rings is 1. The maximum Gasteiger partial charge on any atom is 0.226 e. The van der Waals surface area contributed by atoms with Crippen LogP contribution in [-0.4, -0.2) is 26.1 Å². The second kappa shape index (κ2) is 6.53. The predicted octanol–water partition coefficient (Wildman–Crippen LogP) is 3.38. The number of hydrogen-bond donors (Lipinski definition) is 2. The maximum absolute atomic E-state index is 13.3. The molecule has 7 heteroatoms. The fourth-order valence-corrected chi connectivity index (χ4v) is 3.00. The van der Waals surface area contributed by atoms with Crippen molar-refractivity contribution in [3.05, 3.63) is 75.8 Å². The molecule has 5 nitrogen and oxygen atoms in total. The van der Waals surface area contributed by atoms with Crippen LogP contribution < -0.4 is 0 Å². The van der Waals surface area contributed by atoms with Crippen LogP contribution in [0.2, 0.25) is 0 Å². The van der Waals surface area contributed by atoms with Crippen molar-refractivity contribution in [2.24, 2.45) is 0 Å². The van der Waals surface area contributed by atoms with Gasteiger partial charge in [-0.15, -0.1) is 0 Å². The van der Waals surface area contributed by atoms with Crippen LogP contribution in [-0.2, 0) is 6.42 Å². The lowest BCUT2D eigenvalue weighted by Crippen LogP contribution is -2.00. The van der Waals surface area contributed by atoms with Crippen LogP contribution in [0.3, 0.4) is 0 Å². The van der Waals surface area contributed by atoms with Gasteiger partial charge in [-0.3, -0.25) is 9.89 Å². The van der Waals surface area contributed by atoms with Gasteiger partial charge in [-0.25, -0.2) is 9.37 Å². The molecule has 0 saturated heterocycles. The van der Waals surface area contributed by atoms with Crippen LogP contribution in [0.15, 0.2) is 47.4 Å². The molecule has 0 amide bonds. The molecule has 0 spiro atoms. The second-order valence-corrected chi connectivity index (χ2v) is 5.59. The van der Waals surface area contributed by atoms with Crippen LogP contribution in [0.25, 0.3) is 5.76 Å². The minimum absolute atomic E-state index is 0.0541. The molecule has 0 fully saturated rings. The number of nitrogens with one attached hydrogen (secondary N) is 1. The number of aromatic nitrogens is 3. The number of rotatable bonds is 5. The van der Waals surface area contributed by atoms with Crippen LogP contribution in [0.5, 0.6) is 0 Å². The predicted molar refractivity (Wildman–Crippen MR) is 84.8 cm³/mol. The summed E-state index contributed by atoms with van der Waals surface area (Å²) in [6, 6.07) is 6.28. The Balaban J connectivity index is 1.84. The average Bonchev–Trinajstić information content (AvgIpc) is 3.18. The number of hydrogen-bond acceptors (Lipinski definition) is 5. The van der Waals surface area contributed by atoms with E-state index in [0.717, 1.165) is 17.2 Å². The molecular formula is C16H12FN3O2S. The van der Waals surface area contributed by atoms with E-state index >= 15 is 0 Å². The van der Waals surface area contributed by atoms with Crippen molar-refractivity contribution >= 4 is 22.9 Å². The standard InChI is InChI=1S/C16H12FN3O2S/c17-12-3-1-2-10(5-12)4-11-7-23-8-13(11)14(21)6-15(22)16-18-9-19-20-16/h1-3,5-9,21H,4H2,(H,18,19,20). The van der Waals surface area contributed by atoms with E-state index in [-0.39, 0.29) is 17.4 Å². The highest BCUT2D eigenvalue weighted by molar-refractivity contribution is 7.08. The van der Waals surface area contributed by atoms with Gasteiger partial charge < -0.3 is 5.11 Å². The Bertz CT molecular complexity index is 856. The first-order valence-corrected chi connectivity index (χ1v) is 7.68. The average molecular weight is 329 g/mol. The van der Waals surface area contributed by atoms with E-state index in [1.54, 1.807) is 11.4 Å². The molecule has 3 aromatic rings. The molecule has 0 atom stereocenters. The summed E-state index contributed by atoms with van der Waals surface area (Å²) in [6.45, 7) is 0. The Hall–Kier alpha value is -2.80. The van der Waals surface area contributed by atoms with E-state index in [2.05, 4.69) is 15.2 Å². The number of thiophene rings is 1. The number of nitrogens with zero attached hydrogens (tertiary/aromatic N) is 2. The summed E-state index contributed by atoms with van der Waals surface area (Å²) in [5.74, 6) is -0.875. The third kappa shape index (κ3) is 3.51. The van der Waals surface area contributed by atoms with Crippen molar-refractivity contribution in [1.82, 2.24) is 15.2 Å². The Morgan fingerprint density at radius 2 is 2.26 bits per heavy atom. The third-order valence-electron chi connectivity index (χ3n) is 3.22. The lowest BCUT2D eigenvalue weighted by molar-refractivity contribution is 0.103. The molecule has 3 rings (SSSR count). The van der Waals surface area contributed by atoms with E-state index in [0.29, 0.717) is 12.0 Å². The molecule has 2 heterocycles. The molecule has 0 bridgehead atoms. The molecule has 0 aliphatic carbocycles. The highest BCUT2D eigenvalue weighted by Crippen LogP contribution is 2.25. The molecule has 0 aliphatic rings. The number of allylic oxidation sites excluding steroid dienone is 1. The van der Waals surface area contributed by atoms with Crippen molar-refractivity contribution in [3.8, 4) is 0 Å². The number of aliphatic hydroxyl groups excluding tert-OH is 1. The number of aliphatic hydroxyl groups is 1. The summed E-state index contributed by atoms with van der Waals surface area (Å²) >= 11 is 1.40. The molecular weight excluding hydrogens is 317 g/mol. The molecule has 0 aliphatic heterocycles. The number of ketones is 1. The van der Waals surface area contributed by atoms with Gasteiger partial charge in [-0.1, -0.05) is 12.1 Å². The van der Waals surface area contributed by atoms with E-state index in [4.69, 9.17) is 0 Å². The molecule has 23 heavy (non-hydrogen) atoms. The molecule has 1 aromatic carbocycles. The number of aromatic amines is 1. The topological polar surface area (TPSA) is 78.9 Å². The van der Waals surface area contributed by atoms with Gasteiger partial charge in [-0.05, 0) is 35.1 Å². The molecule has 2 aromatic heterocycles. The minimum atomic E-state index is -0.470. The summed E-state index contributed by atoms with van der Waals surface area (Å²) in [5.41, 5.74) is 2.16. The van der Waals surface area contributed by atoms with Gasteiger partial charge >= 0.3 is 0 Å². The van der Waals surface area contributed by atoms with Crippen LogP contribution in [0.4, 0.5) is 4.39 Å². The van der Waals surface area contributed by atoms with Gasteiger partial charge in [0, 0.05) is 17.0 Å². The fraction of sp³-hybridized carbons (Fsp3) is 0.0625. The zero-order valence-corrected chi connectivity index (χ0v) is 12.7. The Labute approximate surface area is 135 Å². The van der Waals surface area contributed by atoms with Gasteiger partial charge in [0.2, 0.25) is 5.78 Å². The van der Waals surface area contributed by atoms with Gasteiger partial charge in [0.1, 0.15) is 17.9 Å². The van der Waals surface area contributed by atoms with E-state index < -0.39 is 5.78 Å². The second-order valence-electron chi connectivity index (χ2n) is 4.85. The largest absolute Gasteiger partial charge is 0.507 e. The normalized spacial score (nSPS) is 11.6. The van der Waals surface area contributed by atoms with Crippen LogP contribution in [0.1, 0.15) is 27.3 Å². The highest BCUT2D eigenvalue weighted by atomic mass is 32.1. The van der Waals surface area contributed by atoms with Crippen molar-refractivity contribution in [2.75, 3.05) is 0 Å². The first-order valence-electron chi connectivity index (χ1n) is 6.73. The summed E-state index contributed by atoms with van der Waals surface area (Å²) in [6.07, 6.45) is 2.78. The summed E-state index contributed by atoms with van der Waals surface area (Å²) in [7, 11) is 0. The number of carbonyl (C=O) groups excluding carboxylic acids is 1. The summed E-state index contributed by atoms with van der Waals surface area (Å²) in [5, 5.41) is 19.8. The van der Waals surface area contributed by atoms with Crippen molar-refractivity contribution < 1.29 is 14.3 Å². The zero-order valence-electron chi connectivity index (χ0n) is 11.9. The summed E-state index contributed by atoms with van der Waals surface area (Å²) < 4.78 is 13.3. The monoisotopic (exact) mass is 329 g/mol. The maximum atomic E-state index is 13.3. The van der Waals surface area contributed by atoms with Crippen molar-refractivity contribution in [2.45, 2.75) is 6.42 Å². The number of carbonyl (C=O) groups is 1. The molecule has 0 radical (unpaired) electrons. The van der Waals surface area contributed by atoms with E-state index in [1.165, 1.54) is 29.8 Å². The quantitative estimate of drug-likeness (QED) is 0.427. The number of H-pyrrole nitrogens is 1. The lowest BCUT2D eigenvalue weighted by Gasteiger charge is -2.04. The van der Waals surface area contributed by atoms with Crippen LogP contribution >= 0.6 is 11.3 Å². The third-order valence-corrected chi connectivity index (χ3v) is 4.01. The van der Waals surface area contributed by atoms with Gasteiger partial charge in [0.05, 0.1) is 0 Å². The van der Waals surface area contributed by atoms with Crippen molar-refractivity contribution in [1.29, 1.82) is 0 Å². The Morgan fingerprint density at radius 3 is 3.00 bits per heavy atom. The fourth-order valence-electron chi connectivity index (χ4n) is 2.15. The minimum Gasteiger partial charge on any atom is -0.507 e. The Morgan fingerprint density at radius 1 is 1.39 bits per heavy atom. The first kappa shape index (κ1) is 15.1. The molecule has 116 valence electrons. The van der Waals surface area contributed by atoms with Crippen LogP contribution in [0, 0.1) is 5.82 Å². The van der Waals surface area contributed by atoms with E-state index in [9.17, 15) is 14.3 Å². The summed E-state index contributed by atoms with van der Waals surface area (Å²) in [4.78, 5) is 15.6. The molecule has 2 N–H and O–H groups in total. The van der Waals surface area contributed by atoms with Gasteiger partial charge in [-0.2, -0.15) is 16.4 Å². The molecule has 0 saturated carbocycles. The van der Waals surface area contributed by atoms with Gasteiger partial charge in [0.15, 0.2) is 5.82 Å².